The summed E-state index contributed by atoms with van der Waals surface area (Å²) in [7, 11) is 0. The van der Waals surface area contributed by atoms with Gasteiger partial charge in [0.1, 0.15) is 49.3 Å². The van der Waals surface area contributed by atoms with Gasteiger partial charge in [0.25, 0.3) is 0 Å². The summed E-state index contributed by atoms with van der Waals surface area (Å²) >= 11 is 1.86. The number of nitrogens with zero attached hydrogens (tertiary/aromatic N) is 2. The summed E-state index contributed by atoms with van der Waals surface area (Å²) in [5.74, 6) is -3.25. The number of ether oxygens (including phenoxy) is 4. The molecule has 3 rings (SSSR count). The van der Waals surface area contributed by atoms with Crippen molar-refractivity contribution in [3.63, 3.8) is 0 Å². The molecule has 7 N–H and O–H groups in total. The van der Waals surface area contributed by atoms with Gasteiger partial charge in [-0.25, -0.2) is 4.79 Å². The van der Waals surface area contributed by atoms with E-state index in [9.17, 15) is 40.5 Å². The van der Waals surface area contributed by atoms with Crippen molar-refractivity contribution in [2.45, 2.75) is 61.2 Å². The van der Waals surface area contributed by atoms with Crippen LogP contribution in [0.4, 0.5) is 0 Å². The van der Waals surface area contributed by atoms with Crippen molar-refractivity contribution in [1.82, 2.24) is 0 Å². The second kappa shape index (κ2) is 11.2. The van der Waals surface area contributed by atoms with Gasteiger partial charge in [-0.05, 0) is 28.7 Å². The molecule has 0 bridgehead atoms. The molecule has 0 radical (unpaired) electrons. The van der Waals surface area contributed by atoms with Gasteiger partial charge in [0, 0.05) is 0 Å². The monoisotopic (exact) mass is 600 g/mol. The Morgan fingerprint density at radius 3 is 2.35 bits per heavy atom. The normalized spacial score (nSPS) is 40.4. The van der Waals surface area contributed by atoms with E-state index in [0.717, 1.165) is 0 Å². The molecular weight excluding hydrogens is 575 g/mol. The van der Waals surface area contributed by atoms with Crippen LogP contribution in [0.1, 0.15) is 6.42 Å². The number of allylic oxidation sites excluding steroid dienone is 2. The summed E-state index contributed by atoms with van der Waals surface area (Å²) in [6.45, 7) is -2.35. The second-order valence-corrected chi connectivity index (χ2v) is 9.04. The van der Waals surface area contributed by atoms with Crippen LogP contribution in [0.25, 0.3) is 5.53 Å². The lowest BCUT2D eigenvalue weighted by molar-refractivity contribution is -0.383. The maximum atomic E-state index is 12.6. The number of halogens is 1. The van der Waals surface area contributed by atoms with Gasteiger partial charge >= 0.3 is 11.7 Å². The summed E-state index contributed by atoms with van der Waals surface area (Å²) < 4.78 is 22.0. The van der Waals surface area contributed by atoms with Crippen LogP contribution in [0.5, 0.6) is 0 Å². The number of esters is 1. The highest BCUT2D eigenvalue weighted by Gasteiger charge is 2.59. The van der Waals surface area contributed by atoms with E-state index in [2.05, 4.69) is 4.79 Å². The van der Waals surface area contributed by atoms with Crippen LogP contribution >= 0.6 is 22.6 Å². The lowest BCUT2D eigenvalue weighted by Gasteiger charge is -2.43. The van der Waals surface area contributed by atoms with Gasteiger partial charge in [-0.1, -0.05) is 6.08 Å². The van der Waals surface area contributed by atoms with Crippen LogP contribution < -0.4 is 0 Å². The van der Waals surface area contributed by atoms with Crippen molar-refractivity contribution in [3.05, 3.63) is 26.8 Å². The van der Waals surface area contributed by atoms with Gasteiger partial charge < -0.3 is 60.2 Å². The Morgan fingerprint density at radius 1 is 1.12 bits per heavy atom. The Balaban J connectivity index is 1.81. The van der Waals surface area contributed by atoms with Crippen LogP contribution in [0.3, 0.4) is 0 Å². The van der Waals surface area contributed by atoms with Gasteiger partial charge in [0.2, 0.25) is 5.79 Å². The molecule has 2 saturated heterocycles. The number of aliphatic hydroxyl groups excluding tert-OH is 7. The number of carbonyl (C=O) groups is 1. The first kappa shape index (κ1) is 27.3. The zero-order valence-corrected chi connectivity index (χ0v) is 19.7. The lowest BCUT2D eigenvalue weighted by atomic mass is 9.99. The van der Waals surface area contributed by atoms with E-state index >= 15 is 0 Å². The molecule has 190 valence electrons. The fourth-order valence-electron chi connectivity index (χ4n) is 3.68. The Morgan fingerprint density at radius 2 is 1.79 bits per heavy atom. The van der Waals surface area contributed by atoms with E-state index < -0.39 is 80.6 Å². The summed E-state index contributed by atoms with van der Waals surface area (Å²) in [4.78, 5) is 15.7. The fraction of sp³-hybridized carbons (Fsp3) is 0.684. The molecule has 2 aliphatic heterocycles. The summed E-state index contributed by atoms with van der Waals surface area (Å²) in [6.07, 6.45) is -10.5. The molecule has 0 spiro atoms. The average molecular weight is 600 g/mol. The maximum absolute atomic E-state index is 12.6. The maximum Gasteiger partial charge on any atom is 0.338 e. The van der Waals surface area contributed by atoms with Crippen LogP contribution in [0.2, 0.25) is 0 Å². The largest absolute Gasteiger partial charge is 0.456 e. The lowest BCUT2D eigenvalue weighted by Crippen LogP contribution is -2.62. The quantitative estimate of drug-likeness (QED) is 0.0653. The van der Waals surface area contributed by atoms with E-state index in [1.165, 1.54) is 12.2 Å². The van der Waals surface area contributed by atoms with Crippen molar-refractivity contribution >= 4 is 34.3 Å². The number of rotatable bonds is 7. The molecule has 0 unspecified atom stereocenters. The summed E-state index contributed by atoms with van der Waals surface area (Å²) in [5, 5.41) is 69.9. The highest BCUT2D eigenvalue weighted by atomic mass is 127. The molecule has 9 atom stereocenters. The molecule has 0 amide bonds. The predicted octanol–water partition coefficient (Wildman–Crippen LogP) is -3.52. The van der Waals surface area contributed by atoms with Crippen molar-refractivity contribution in [2.24, 2.45) is 0 Å². The number of aliphatic hydroxyl groups is 7. The van der Waals surface area contributed by atoms with Gasteiger partial charge in [0.15, 0.2) is 6.29 Å². The SMILES string of the molecule is [N-]=[N+]=C1CC=C(C(=O)OC[C@@]2(O[C@H]3O[C@H](CO)[C@@H](O)[C@H](O)[C@H]3O)O[C@H](CO)[C@@H](O)[C@@H]2O)C=C1I. The molecular formula is C19H25IN2O12. The van der Waals surface area contributed by atoms with Gasteiger partial charge in [-0.15, -0.1) is 0 Å². The van der Waals surface area contributed by atoms with Crippen LogP contribution in [0.15, 0.2) is 21.3 Å². The van der Waals surface area contributed by atoms with E-state index in [-0.39, 0.29) is 12.0 Å². The topological polar surface area (TPSA) is 232 Å². The summed E-state index contributed by atoms with van der Waals surface area (Å²) in [5.41, 5.74) is 9.35. The highest BCUT2D eigenvalue weighted by Crippen LogP contribution is 2.37. The molecule has 34 heavy (non-hydrogen) atoms. The molecule has 0 aromatic carbocycles. The molecule has 14 nitrogen and oxygen atoms in total. The zero-order chi connectivity index (χ0) is 25.2. The van der Waals surface area contributed by atoms with Gasteiger partial charge in [-0.3, -0.25) is 0 Å². The number of carbonyl (C=O) groups excluding carboxylic acids is 1. The Labute approximate surface area is 206 Å². The Hall–Kier alpha value is -1.34. The van der Waals surface area contributed by atoms with Crippen molar-refractivity contribution < 1.29 is 64.3 Å². The first-order valence-corrected chi connectivity index (χ1v) is 11.2. The van der Waals surface area contributed by atoms with Crippen LogP contribution in [0, 0.1) is 0 Å². The Bertz CT molecular complexity index is 891. The summed E-state index contributed by atoms with van der Waals surface area (Å²) in [6, 6.07) is 0. The molecule has 0 aromatic heterocycles. The third kappa shape index (κ3) is 5.25. The highest BCUT2D eigenvalue weighted by molar-refractivity contribution is 14.1. The van der Waals surface area contributed by atoms with Crippen molar-refractivity contribution in [2.75, 3.05) is 19.8 Å². The first-order chi connectivity index (χ1) is 16.1. The molecule has 2 heterocycles. The molecule has 0 saturated carbocycles. The molecule has 15 heteroatoms. The second-order valence-electron chi connectivity index (χ2n) is 7.88. The van der Waals surface area contributed by atoms with E-state index in [1.807, 2.05) is 22.6 Å². The average Bonchev–Trinajstić information content (AvgIpc) is 3.07. The van der Waals surface area contributed by atoms with Gasteiger partial charge in [-0.2, -0.15) is 4.79 Å². The van der Waals surface area contributed by atoms with E-state index in [1.54, 1.807) is 0 Å². The minimum absolute atomic E-state index is 0.0894. The minimum atomic E-state index is -2.36. The third-order valence-corrected chi connectivity index (χ3v) is 6.62. The molecule has 2 fully saturated rings. The zero-order valence-electron chi connectivity index (χ0n) is 17.5. The van der Waals surface area contributed by atoms with Gasteiger partial charge in [0.05, 0.1) is 28.8 Å². The van der Waals surface area contributed by atoms with Crippen LogP contribution in [-0.2, 0) is 23.7 Å². The van der Waals surface area contributed by atoms with Crippen LogP contribution in [-0.4, -0.2) is 127 Å². The fourth-order valence-corrected chi connectivity index (χ4v) is 4.34. The number of hydrogen-bond donors (Lipinski definition) is 7. The standard InChI is InChI=1S/C19H25IN2O12/c20-8-3-7(1-2-9(8)22-21)17(30)31-6-19(16(29)13(26)11(5-24)33-19)34-18-15(28)14(27)12(25)10(4-23)32-18/h1,3,10-16,18,23-29H,2,4-6H2/t10-,11-,12-,13-,14+,15-,16+,18-,19+/m1/s1. The molecule has 0 aromatic rings. The molecule has 1 aliphatic carbocycles. The third-order valence-electron chi connectivity index (χ3n) is 5.68. The smallest absolute Gasteiger partial charge is 0.338 e. The first-order valence-electron chi connectivity index (χ1n) is 10.2. The minimum Gasteiger partial charge on any atom is -0.456 e. The Kier molecular flexibility index (Phi) is 8.94. The molecule has 3 aliphatic rings. The van der Waals surface area contributed by atoms with E-state index in [0.29, 0.717) is 9.29 Å². The van der Waals surface area contributed by atoms with E-state index in [4.69, 9.17) is 24.5 Å². The van der Waals surface area contributed by atoms with Crippen molar-refractivity contribution in [3.8, 4) is 0 Å². The van der Waals surface area contributed by atoms with Crippen molar-refractivity contribution in [1.29, 1.82) is 0 Å². The predicted molar refractivity (Wildman–Crippen MR) is 116 cm³/mol. The number of hydrogen-bond acceptors (Lipinski definition) is 12.